The number of likely N-dealkylation sites (N-methyl/N-ethyl adjacent to an activating group) is 1. The van der Waals surface area contributed by atoms with E-state index in [2.05, 4.69) is 37.1 Å². The number of piperidine rings is 2. The van der Waals surface area contributed by atoms with E-state index in [0.717, 1.165) is 31.4 Å². The second-order valence-electron chi connectivity index (χ2n) is 10.2. The van der Waals surface area contributed by atoms with Crippen LogP contribution in [0.2, 0.25) is 0 Å². The monoisotopic (exact) mass is 429 g/mol. The topological polar surface area (TPSA) is 45.7 Å². The van der Waals surface area contributed by atoms with Crippen LogP contribution in [0.15, 0.2) is 18.2 Å². The minimum Gasteiger partial charge on any atom is -0.444 e. The summed E-state index contributed by atoms with van der Waals surface area (Å²) in [5.41, 5.74) is 1.77. The molecule has 6 heteroatoms. The van der Waals surface area contributed by atoms with Crippen molar-refractivity contribution in [1.82, 2.24) is 14.8 Å². The van der Waals surface area contributed by atoms with Crippen molar-refractivity contribution in [2.75, 3.05) is 26.7 Å². The van der Waals surface area contributed by atoms with Gasteiger partial charge in [-0.3, -0.25) is 0 Å². The van der Waals surface area contributed by atoms with Crippen molar-refractivity contribution in [3.8, 4) is 0 Å². The Kier molecular flexibility index (Phi) is 6.08. The van der Waals surface area contributed by atoms with Crippen LogP contribution in [-0.2, 0) is 4.74 Å². The van der Waals surface area contributed by atoms with Crippen molar-refractivity contribution in [2.45, 2.75) is 70.9 Å². The first-order valence-corrected chi connectivity index (χ1v) is 12.1. The zero-order valence-corrected chi connectivity index (χ0v) is 19.8. The molecular formula is C24H35N3O2S. The van der Waals surface area contributed by atoms with E-state index in [1.807, 2.05) is 37.0 Å². The molecule has 2 fully saturated rings. The Bertz CT molecular complexity index is 903. The van der Waals surface area contributed by atoms with Crippen molar-refractivity contribution in [3.63, 3.8) is 0 Å². The standard InChI is InChI=1S/C24H35N3O2S/c1-16-8-10-20(27(14-16)23(28)29-24(2,3)4)17-9-11-21-19(13-17)25-22(30-21)18-7-6-12-26(5)15-18/h9,11,13,16,18,20H,6-8,10,12,14-15H2,1-5H3/t16-,18+,20+/m0/s1. The summed E-state index contributed by atoms with van der Waals surface area (Å²) >= 11 is 1.83. The molecule has 3 heterocycles. The Labute approximate surface area is 184 Å². The van der Waals surface area contributed by atoms with Crippen LogP contribution in [0.1, 0.15) is 75.9 Å². The molecule has 3 atom stereocenters. The van der Waals surface area contributed by atoms with Crippen molar-refractivity contribution in [2.24, 2.45) is 5.92 Å². The number of aromatic nitrogens is 1. The van der Waals surface area contributed by atoms with E-state index in [1.165, 1.54) is 34.7 Å². The lowest BCUT2D eigenvalue weighted by atomic mass is 9.90. The number of likely N-dealkylation sites (tertiary alicyclic amines) is 2. The minimum absolute atomic E-state index is 0.0615. The predicted molar refractivity (Wildman–Crippen MR) is 123 cm³/mol. The van der Waals surface area contributed by atoms with Gasteiger partial charge in [0.25, 0.3) is 0 Å². The van der Waals surface area contributed by atoms with Crippen LogP contribution in [0.5, 0.6) is 0 Å². The van der Waals surface area contributed by atoms with Gasteiger partial charge in [0.05, 0.1) is 21.3 Å². The van der Waals surface area contributed by atoms with E-state index in [4.69, 9.17) is 9.72 Å². The number of hydrogen-bond acceptors (Lipinski definition) is 5. The molecule has 0 saturated carbocycles. The van der Waals surface area contributed by atoms with E-state index in [-0.39, 0.29) is 12.1 Å². The second kappa shape index (κ2) is 8.46. The summed E-state index contributed by atoms with van der Waals surface area (Å²) in [4.78, 5) is 22.3. The van der Waals surface area contributed by atoms with Gasteiger partial charge in [0.15, 0.2) is 0 Å². The van der Waals surface area contributed by atoms with E-state index >= 15 is 0 Å². The van der Waals surface area contributed by atoms with E-state index in [9.17, 15) is 4.79 Å². The minimum atomic E-state index is -0.483. The lowest BCUT2D eigenvalue weighted by molar-refractivity contribution is 0.00365. The van der Waals surface area contributed by atoms with Crippen LogP contribution < -0.4 is 0 Å². The maximum atomic E-state index is 12.9. The molecule has 0 radical (unpaired) electrons. The maximum absolute atomic E-state index is 12.9. The van der Waals surface area contributed by atoms with Crippen molar-refractivity contribution < 1.29 is 9.53 Å². The van der Waals surface area contributed by atoms with Gasteiger partial charge in [0.2, 0.25) is 0 Å². The maximum Gasteiger partial charge on any atom is 0.410 e. The molecule has 1 aromatic carbocycles. The number of thiazole rings is 1. The van der Waals surface area contributed by atoms with Gasteiger partial charge in [-0.2, -0.15) is 0 Å². The fourth-order valence-electron chi connectivity index (χ4n) is 4.73. The number of benzene rings is 1. The van der Waals surface area contributed by atoms with Crippen molar-refractivity contribution in [1.29, 1.82) is 0 Å². The van der Waals surface area contributed by atoms with Crippen molar-refractivity contribution in [3.05, 3.63) is 28.8 Å². The highest BCUT2D eigenvalue weighted by Gasteiger charge is 2.34. The number of carbonyl (C=O) groups is 1. The summed E-state index contributed by atoms with van der Waals surface area (Å²) in [7, 11) is 2.20. The molecule has 164 valence electrons. The summed E-state index contributed by atoms with van der Waals surface area (Å²) in [5, 5.41) is 1.26. The van der Waals surface area contributed by atoms with Crippen LogP contribution >= 0.6 is 11.3 Å². The molecule has 0 aliphatic carbocycles. The van der Waals surface area contributed by atoms with E-state index in [1.54, 1.807) is 0 Å². The first kappa shape index (κ1) is 21.6. The molecule has 2 aliphatic heterocycles. The molecule has 1 amide bonds. The molecule has 5 nitrogen and oxygen atoms in total. The van der Waals surface area contributed by atoms with Crippen LogP contribution in [0.3, 0.4) is 0 Å². The number of amides is 1. The lowest BCUT2D eigenvalue weighted by Gasteiger charge is -2.39. The Hall–Kier alpha value is -1.66. The van der Waals surface area contributed by atoms with Gasteiger partial charge in [-0.05, 0) is 83.7 Å². The van der Waals surface area contributed by atoms with Crippen molar-refractivity contribution >= 4 is 27.6 Å². The molecule has 4 rings (SSSR count). The highest BCUT2D eigenvalue weighted by Crippen LogP contribution is 2.38. The van der Waals surface area contributed by atoms with Crippen LogP contribution in [0.4, 0.5) is 4.79 Å². The fraction of sp³-hybridized carbons (Fsp3) is 0.667. The second-order valence-corrected chi connectivity index (χ2v) is 11.3. The first-order valence-electron chi connectivity index (χ1n) is 11.3. The van der Waals surface area contributed by atoms with Gasteiger partial charge in [-0.1, -0.05) is 13.0 Å². The Balaban J connectivity index is 1.59. The zero-order chi connectivity index (χ0) is 21.5. The van der Waals surface area contributed by atoms with Gasteiger partial charge in [0.1, 0.15) is 5.60 Å². The van der Waals surface area contributed by atoms with Gasteiger partial charge < -0.3 is 14.5 Å². The van der Waals surface area contributed by atoms with Crippen LogP contribution in [0, 0.1) is 5.92 Å². The lowest BCUT2D eigenvalue weighted by Crippen LogP contribution is -2.44. The van der Waals surface area contributed by atoms with Gasteiger partial charge >= 0.3 is 6.09 Å². The van der Waals surface area contributed by atoms with Crippen LogP contribution in [-0.4, -0.2) is 53.2 Å². The fourth-order valence-corrected chi connectivity index (χ4v) is 5.81. The average Bonchev–Trinajstić information content (AvgIpc) is 3.10. The molecular weight excluding hydrogens is 394 g/mol. The summed E-state index contributed by atoms with van der Waals surface area (Å²) in [6, 6.07) is 6.66. The summed E-state index contributed by atoms with van der Waals surface area (Å²) in [6.45, 7) is 11.0. The Morgan fingerprint density at radius 1 is 1.20 bits per heavy atom. The summed E-state index contributed by atoms with van der Waals surface area (Å²) in [6.07, 6.45) is 4.36. The smallest absolute Gasteiger partial charge is 0.410 e. The summed E-state index contributed by atoms with van der Waals surface area (Å²) in [5.74, 6) is 1.03. The third kappa shape index (κ3) is 4.80. The van der Waals surface area contributed by atoms with Gasteiger partial charge in [0, 0.05) is 19.0 Å². The normalized spacial score (nSPS) is 26.2. The largest absolute Gasteiger partial charge is 0.444 e. The first-order chi connectivity index (χ1) is 14.2. The van der Waals surface area contributed by atoms with Gasteiger partial charge in [-0.25, -0.2) is 9.78 Å². The molecule has 2 aromatic rings. The quantitative estimate of drug-likeness (QED) is 0.604. The number of nitrogens with zero attached hydrogens (tertiary/aromatic N) is 3. The number of fused-ring (bicyclic) bond motifs is 1. The van der Waals surface area contributed by atoms with Gasteiger partial charge in [-0.15, -0.1) is 11.3 Å². The Morgan fingerprint density at radius 3 is 2.73 bits per heavy atom. The average molecular weight is 430 g/mol. The molecule has 2 aliphatic rings. The highest BCUT2D eigenvalue weighted by molar-refractivity contribution is 7.18. The predicted octanol–water partition coefficient (Wildman–Crippen LogP) is 5.81. The molecule has 1 aromatic heterocycles. The number of carbonyl (C=O) groups excluding carboxylic acids is 1. The number of ether oxygens (including phenoxy) is 1. The van der Waals surface area contributed by atoms with E-state index < -0.39 is 5.60 Å². The number of hydrogen-bond donors (Lipinski definition) is 0. The molecule has 0 bridgehead atoms. The van der Waals surface area contributed by atoms with E-state index in [0.29, 0.717) is 11.8 Å². The zero-order valence-electron chi connectivity index (χ0n) is 19.0. The Morgan fingerprint density at radius 2 is 2.00 bits per heavy atom. The molecule has 0 N–H and O–H groups in total. The molecule has 30 heavy (non-hydrogen) atoms. The SMILES string of the molecule is C[C@H]1CC[C@H](c2ccc3sc([C@@H]4CCCN(C)C4)nc3c2)N(C(=O)OC(C)(C)C)C1. The molecule has 0 unspecified atom stereocenters. The summed E-state index contributed by atoms with van der Waals surface area (Å²) < 4.78 is 6.97. The van der Waals surface area contributed by atoms with Crippen LogP contribution in [0.25, 0.3) is 10.2 Å². The third-order valence-electron chi connectivity index (χ3n) is 6.23. The molecule has 0 spiro atoms. The third-order valence-corrected chi connectivity index (χ3v) is 7.43. The highest BCUT2D eigenvalue weighted by atomic mass is 32.1. The molecule has 2 saturated heterocycles. The number of rotatable bonds is 2.